The number of ether oxygens (including phenoxy) is 1. The molecule has 0 aromatic rings. The monoisotopic (exact) mass is 259 g/mol. The summed E-state index contributed by atoms with van der Waals surface area (Å²) in [6.45, 7) is 3.54. The zero-order chi connectivity index (χ0) is 13.4. The molecule has 1 aliphatic heterocycles. The van der Waals surface area contributed by atoms with Crippen molar-refractivity contribution >= 4 is 12.0 Å². The number of aliphatic carboxylic acids is 1. The van der Waals surface area contributed by atoms with E-state index in [0.717, 1.165) is 19.6 Å². The maximum absolute atomic E-state index is 11.4. The van der Waals surface area contributed by atoms with Crippen molar-refractivity contribution in [3.8, 4) is 0 Å². The number of hydrogen-bond acceptors (Lipinski definition) is 4. The van der Waals surface area contributed by atoms with E-state index in [4.69, 9.17) is 9.84 Å². The molecular weight excluding hydrogens is 238 g/mol. The lowest BCUT2D eigenvalue weighted by Gasteiger charge is -2.16. The highest BCUT2D eigenvalue weighted by molar-refractivity contribution is 5.76. The standard InChI is InChI=1S/C11H21N3O4/c1-18-9(10(15)16)8-13-11(17)12-4-7-14-5-2-3-6-14/h9H,2-8H2,1H3,(H,15,16)(H2,12,13,17). The fourth-order valence-electron chi connectivity index (χ4n) is 1.85. The number of carbonyl (C=O) groups excluding carboxylic acids is 1. The van der Waals surface area contributed by atoms with Gasteiger partial charge in [0.15, 0.2) is 6.10 Å². The molecule has 1 atom stereocenters. The molecule has 0 aromatic carbocycles. The van der Waals surface area contributed by atoms with E-state index in [2.05, 4.69) is 15.5 Å². The van der Waals surface area contributed by atoms with Crippen LogP contribution in [0.3, 0.4) is 0 Å². The molecule has 0 saturated carbocycles. The van der Waals surface area contributed by atoms with Crippen molar-refractivity contribution in [2.75, 3.05) is 39.8 Å². The van der Waals surface area contributed by atoms with Gasteiger partial charge in [-0.3, -0.25) is 0 Å². The van der Waals surface area contributed by atoms with Gasteiger partial charge in [-0.15, -0.1) is 0 Å². The summed E-state index contributed by atoms with van der Waals surface area (Å²) >= 11 is 0. The molecule has 1 aliphatic rings. The quantitative estimate of drug-likeness (QED) is 0.572. The minimum absolute atomic E-state index is 0.0403. The van der Waals surface area contributed by atoms with E-state index >= 15 is 0 Å². The molecule has 2 amide bonds. The van der Waals surface area contributed by atoms with Crippen molar-refractivity contribution in [1.29, 1.82) is 0 Å². The number of carboxylic acids is 1. The Hall–Kier alpha value is -1.34. The van der Waals surface area contributed by atoms with Gasteiger partial charge in [-0.2, -0.15) is 0 Å². The second kappa shape index (κ2) is 7.88. The zero-order valence-corrected chi connectivity index (χ0v) is 10.6. The summed E-state index contributed by atoms with van der Waals surface area (Å²) in [6.07, 6.45) is 1.44. The van der Waals surface area contributed by atoms with Crippen molar-refractivity contribution in [3.05, 3.63) is 0 Å². The average Bonchev–Trinajstić information content (AvgIpc) is 2.82. The first kappa shape index (κ1) is 14.7. The largest absolute Gasteiger partial charge is 0.479 e. The maximum Gasteiger partial charge on any atom is 0.334 e. The number of carboxylic acid groups (broad SMARTS) is 1. The lowest BCUT2D eigenvalue weighted by molar-refractivity contribution is -0.147. The number of nitrogens with zero attached hydrogens (tertiary/aromatic N) is 1. The topological polar surface area (TPSA) is 90.9 Å². The van der Waals surface area contributed by atoms with Crippen LogP contribution < -0.4 is 10.6 Å². The van der Waals surface area contributed by atoms with E-state index in [-0.39, 0.29) is 12.6 Å². The molecule has 18 heavy (non-hydrogen) atoms. The molecule has 1 rings (SSSR count). The molecule has 0 aliphatic carbocycles. The SMILES string of the molecule is COC(CNC(=O)NCCN1CCCC1)C(=O)O. The number of urea groups is 1. The van der Waals surface area contributed by atoms with Crippen molar-refractivity contribution in [2.24, 2.45) is 0 Å². The van der Waals surface area contributed by atoms with Crippen LogP contribution in [-0.2, 0) is 9.53 Å². The fraction of sp³-hybridized carbons (Fsp3) is 0.818. The minimum atomic E-state index is -1.09. The number of methoxy groups -OCH3 is 1. The van der Waals surface area contributed by atoms with E-state index in [1.165, 1.54) is 20.0 Å². The average molecular weight is 259 g/mol. The van der Waals surface area contributed by atoms with Gasteiger partial charge in [0.2, 0.25) is 0 Å². The van der Waals surface area contributed by atoms with Gasteiger partial charge in [-0.05, 0) is 25.9 Å². The van der Waals surface area contributed by atoms with Crippen molar-refractivity contribution in [1.82, 2.24) is 15.5 Å². The zero-order valence-electron chi connectivity index (χ0n) is 10.6. The number of amides is 2. The molecule has 7 heteroatoms. The van der Waals surface area contributed by atoms with E-state index in [1.54, 1.807) is 0 Å². The Morgan fingerprint density at radius 3 is 2.56 bits per heavy atom. The van der Waals surface area contributed by atoms with Crippen molar-refractivity contribution in [3.63, 3.8) is 0 Å². The van der Waals surface area contributed by atoms with E-state index in [1.807, 2.05) is 0 Å². The third kappa shape index (κ3) is 5.33. The van der Waals surface area contributed by atoms with Gasteiger partial charge in [-0.25, -0.2) is 9.59 Å². The van der Waals surface area contributed by atoms with Crippen LogP contribution in [0.4, 0.5) is 4.79 Å². The lowest BCUT2D eigenvalue weighted by Crippen LogP contribution is -2.44. The number of rotatable bonds is 7. The Labute approximate surface area is 106 Å². The fourth-order valence-corrected chi connectivity index (χ4v) is 1.85. The number of carbonyl (C=O) groups is 2. The Kier molecular flexibility index (Phi) is 6.45. The first-order valence-electron chi connectivity index (χ1n) is 6.13. The number of hydrogen-bond donors (Lipinski definition) is 3. The van der Waals surface area contributed by atoms with Gasteiger partial charge in [0.1, 0.15) is 0 Å². The summed E-state index contributed by atoms with van der Waals surface area (Å²) in [5.74, 6) is -1.09. The van der Waals surface area contributed by atoms with Crippen molar-refractivity contribution < 1.29 is 19.4 Å². The predicted molar refractivity (Wildman–Crippen MR) is 65.5 cm³/mol. The highest BCUT2D eigenvalue weighted by atomic mass is 16.5. The molecule has 1 heterocycles. The summed E-state index contributed by atoms with van der Waals surface area (Å²) in [5.41, 5.74) is 0. The summed E-state index contributed by atoms with van der Waals surface area (Å²) in [6, 6.07) is -0.363. The first-order valence-corrected chi connectivity index (χ1v) is 6.13. The molecule has 7 nitrogen and oxygen atoms in total. The summed E-state index contributed by atoms with van der Waals surface area (Å²) < 4.78 is 4.70. The molecular formula is C11H21N3O4. The van der Waals surface area contributed by atoms with Crippen LogP contribution in [0.2, 0.25) is 0 Å². The Bertz CT molecular complexity index is 279. The highest BCUT2D eigenvalue weighted by Gasteiger charge is 2.17. The van der Waals surface area contributed by atoms with Gasteiger partial charge in [0.25, 0.3) is 0 Å². The smallest absolute Gasteiger partial charge is 0.334 e. The summed E-state index contributed by atoms with van der Waals surface area (Å²) in [5, 5.41) is 13.9. The first-order chi connectivity index (χ1) is 8.63. The number of likely N-dealkylation sites (tertiary alicyclic amines) is 1. The minimum Gasteiger partial charge on any atom is -0.479 e. The van der Waals surface area contributed by atoms with Gasteiger partial charge in [0.05, 0.1) is 6.54 Å². The van der Waals surface area contributed by atoms with Crippen LogP contribution >= 0.6 is 0 Å². The van der Waals surface area contributed by atoms with Crippen molar-refractivity contribution in [2.45, 2.75) is 18.9 Å². The van der Waals surface area contributed by atoms with Crippen LogP contribution in [0.15, 0.2) is 0 Å². The summed E-state index contributed by atoms with van der Waals surface area (Å²) in [7, 11) is 1.30. The van der Waals surface area contributed by atoms with Crippen LogP contribution in [-0.4, -0.2) is 67.9 Å². The normalized spacial score (nSPS) is 17.4. The Morgan fingerprint density at radius 1 is 1.33 bits per heavy atom. The Balaban J connectivity index is 2.07. The lowest BCUT2D eigenvalue weighted by atomic mass is 10.3. The molecule has 0 radical (unpaired) electrons. The third-order valence-corrected chi connectivity index (χ3v) is 2.92. The molecule has 104 valence electrons. The van der Waals surface area contributed by atoms with Gasteiger partial charge in [-0.1, -0.05) is 0 Å². The van der Waals surface area contributed by atoms with Crippen LogP contribution in [0.25, 0.3) is 0 Å². The molecule has 3 N–H and O–H groups in total. The second-order valence-corrected chi connectivity index (χ2v) is 4.25. The van der Waals surface area contributed by atoms with Gasteiger partial charge >= 0.3 is 12.0 Å². The third-order valence-electron chi connectivity index (χ3n) is 2.92. The van der Waals surface area contributed by atoms with Crippen LogP contribution in [0.1, 0.15) is 12.8 Å². The molecule has 0 bridgehead atoms. The molecule has 0 aromatic heterocycles. The van der Waals surface area contributed by atoms with Crippen LogP contribution in [0, 0.1) is 0 Å². The molecule has 1 fully saturated rings. The molecule has 1 saturated heterocycles. The van der Waals surface area contributed by atoms with E-state index in [9.17, 15) is 9.59 Å². The summed E-state index contributed by atoms with van der Waals surface area (Å²) in [4.78, 5) is 24.3. The van der Waals surface area contributed by atoms with Crippen LogP contribution in [0.5, 0.6) is 0 Å². The number of nitrogens with one attached hydrogen (secondary N) is 2. The second-order valence-electron chi connectivity index (χ2n) is 4.25. The molecule has 0 spiro atoms. The molecule has 1 unspecified atom stereocenters. The van der Waals surface area contributed by atoms with E-state index < -0.39 is 12.1 Å². The highest BCUT2D eigenvalue weighted by Crippen LogP contribution is 2.05. The predicted octanol–water partition coefficient (Wildman–Crippen LogP) is -0.519. The maximum atomic E-state index is 11.4. The van der Waals surface area contributed by atoms with Gasteiger partial charge < -0.3 is 25.4 Å². The van der Waals surface area contributed by atoms with E-state index in [0.29, 0.717) is 6.54 Å². The Morgan fingerprint density at radius 2 is 2.00 bits per heavy atom. The van der Waals surface area contributed by atoms with Gasteiger partial charge in [0, 0.05) is 20.2 Å².